The maximum Gasteiger partial charge on any atom is 0.0429 e. The van der Waals surface area contributed by atoms with E-state index in [-0.39, 0.29) is 5.41 Å². The summed E-state index contributed by atoms with van der Waals surface area (Å²) in [5.41, 5.74) is 2.95. The number of rotatable bonds is 3. The third kappa shape index (κ3) is 3.26. The smallest absolute Gasteiger partial charge is 0.0429 e. The van der Waals surface area contributed by atoms with E-state index in [1.807, 2.05) is 0 Å². The van der Waals surface area contributed by atoms with Crippen LogP contribution in [0.15, 0.2) is 24.3 Å². The molecule has 0 aliphatic rings. The van der Waals surface area contributed by atoms with Crippen molar-refractivity contribution in [1.29, 1.82) is 0 Å². The summed E-state index contributed by atoms with van der Waals surface area (Å²) in [7, 11) is 4.19. The van der Waals surface area contributed by atoms with Gasteiger partial charge in [0.25, 0.3) is 0 Å². The molecular formula is C14H23NS. The van der Waals surface area contributed by atoms with Gasteiger partial charge in [0, 0.05) is 11.8 Å². The summed E-state index contributed by atoms with van der Waals surface area (Å²) in [5, 5.41) is 0. The van der Waals surface area contributed by atoms with E-state index in [1.54, 1.807) is 0 Å². The number of nitrogens with zero attached hydrogens (tertiary/aromatic N) is 1. The first kappa shape index (κ1) is 13.6. The molecule has 1 atom stereocenters. The van der Waals surface area contributed by atoms with Crippen LogP contribution in [-0.4, -0.2) is 24.7 Å². The Morgan fingerprint density at radius 1 is 1.12 bits per heavy atom. The first-order chi connectivity index (χ1) is 7.36. The highest BCUT2D eigenvalue weighted by Gasteiger charge is 2.15. The highest BCUT2D eigenvalue weighted by atomic mass is 32.1. The van der Waals surface area contributed by atoms with E-state index >= 15 is 0 Å². The van der Waals surface area contributed by atoms with Gasteiger partial charge in [-0.15, -0.1) is 0 Å². The zero-order valence-corrected chi connectivity index (χ0v) is 11.9. The van der Waals surface area contributed by atoms with Gasteiger partial charge in [-0.2, -0.15) is 12.6 Å². The first-order valence-corrected chi connectivity index (χ1v) is 6.37. The van der Waals surface area contributed by atoms with E-state index in [2.05, 4.69) is 76.7 Å². The minimum atomic E-state index is 0.229. The van der Waals surface area contributed by atoms with Gasteiger partial charge in [0.05, 0.1) is 0 Å². The van der Waals surface area contributed by atoms with Crippen molar-refractivity contribution < 1.29 is 0 Å². The molecule has 0 aromatic heterocycles. The highest BCUT2D eigenvalue weighted by molar-refractivity contribution is 7.80. The third-order valence-corrected chi connectivity index (χ3v) is 3.30. The highest BCUT2D eigenvalue weighted by Crippen LogP contribution is 2.25. The molecule has 1 aromatic rings. The lowest BCUT2D eigenvalue weighted by Crippen LogP contribution is -2.21. The van der Waals surface area contributed by atoms with Gasteiger partial charge in [0.1, 0.15) is 0 Å². The van der Waals surface area contributed by atoms with E-state index in [4.69, 9.17) is 0 Å². The van der Waals surface area contributed by atoms with E-state index in [1.165, 1.54) is 11.1 Å². The molecule has 1 rings (SSSR count). The second-order valence-corrected chi connectivity index (χ2v) is 5.90. The molecule has 0 aliphatic carbocycles. The Balaban J connectivity index is 2.94. The Kier molecular flexibility index (Phi) is 4.45. The lowest BCUT2D eigenvalue weighted by Gasteiger charge is -2.24. The van der Waals surface area contributed by atoms with E-state index in [9.17, 15) is 0 Å². The van der Waals surface area contributed by atoms with Crippen LogP contribution in [0, 0.1) is 0 Å². The summed E-state index contributed by atoms with van der Waals surface area (Å²) in [6.45, 7) is 6.72. The molecule has 0 bridgehead atoms. The summed E-state index contributed by atoms with van der Waals surface area (Å²) in [6, 6.07) is 9.31. The van der Waals surface area contributed by atoms with Crippen LogP contribution in [0.2, 0.25) is 0 Å². The van der Waals surface area contributed by atoms with E-state index in [0.717, 1.165) is 5.75 Å². The monoisotopic (exact) mass is 237 g/mol. The van der Waals surface area contributed by atoms with Gasteiger partial charge >= 0.3 is 0 Å². The first-order valence-electron chi connectivity index (χ1n) is 5.74. The molecule has 0 heterocycles. The minimum Gasteiger partial charge on any atom is -0.302 e. The van der Waals surface area contributed by atoms with Crippen LogP contribution in [0.25, 0.3) is 0 Å². The molecule has 0 N–H and O–H groups in total. The summed E-state index contributed by atoms with van der Waals surface area (Å²) >= 11 is 4.41. The van der Waals surface area contributed by atoms with Gasteiger partial charge in [-0.25, -0.2) is 0 Å². The van der Waals surface area contributed by atoms with Crippen molar-refractivity contribution in [2.75, 3.05) is 19.8 Å². The fraction of sp³-hybridized carbons (Fsp3) is 0.571. The largest absolute Gasteiger partial charge is 0.302 e. The molecule has 0 radical (unpaired) electrons. The quantitative estimate of drug-likeness (QED) is 0.787. The minimum absolute atomic E-state index is 0.229. The van der Waals surface area contributed by atoms with Crippen LogP contribution >= 0.6 is 12.6 Å². The van der Waals surface area contributed by atoms with Crippen molar-refractivity contribution in [3.8, 4) is 0 Å². The molecule has 1 unspecified atom stereocenters. The average Bonchev–Trinajstić information content (AvgIpc) is 2.17. The summed E-state index contributed by atoms with van der Waals surface area (Å²) in [6.07, 6.45) is 0. The van der Waals surface area contributed by atoms with Crippen molar-refractivity contribution in [2.45, 2.75) is 32.2 Å². The zero-order valence-electron chi connectivity index (χ0n) is 11.0. The molecule has 1 nitrogen and oxygen atoms in total. The summed E-state index contributed by atoms with van der Waals surface area (Å²) in [4.78, 5) is 2.21. The standard InChI is InChI=1S/C14H23NS/c1-14(2,3)12-8-6-11(7-9-12)13(10-16)15(4)5/h6-9,13,16H,10H2,1-5H3. The lowest BCUT2D eigenvalue weighted by molar-refractivity contribution is 0.326. The van der Waals surface area contributed by atoms with Crippen molar-refractivity contribution in [1.82, 2.24) is 4.90 Å². The number of hydrogen-bond acceptors (Lipinski definition) is 2. The maximum absolute atomic E-state index is 4.41. The molecule has 0 saturated heterocycles. The summed E-state index contributed by atoms with van der Waals surface area (Å²) in [5.74, 6) is 0.849. The Bertz CT molecular complexity index is 322. The Morgan fingerprint density at radius 2 is 1.62 bits per heavy atom. The second kappa shape index (κ2) is 5.24. The molecule has 0 fully saturated rings. The third-order valence-electron chi connectivity index (χ3n) is 2.96. The molecular weight excluding hydrogens is 214 g/mol. The molecule has 0 aliphatic heterocycles. The number of benzene rings is 1. The van der Waals surface area contributed by atoms with Gasteiger partial charge in [-0.05, 0) is 30.6 Å². The van der Waals surface area contributed by atoms with E-state index < -0.39 is 0 Å². The maximum atomic E-state index is 4.41. The molecule has 0 saturated carbocycles. The van der Waals surface area contributed by atoms with Gasteiger partial charge in [0.2, 0.25) is 0 Å². The lowest BCUT2D eigenvalue weighted by atomic mass is 9.86. The fourth-order valence-corrected chi connectivity index (χ4v) is 2.31. The van der Waals surface area contributed by atoms with Crippen LogP contribution < -0.4 is 0 Å². The van der Waals surface area contributed by atoms with Gasteiger partial charge < -0.3 is 4.90 Å². The van der Waals surface area contributed by atoms with E-state index in [0.29, 0.717) is 6.04 Å². The number of thiol groups is 1. The topological polar surface area (TPSA) is 3.24 Å². The van der Waals surface area contributed by atoms with Crippen LogP contribution in [-0.2, 0) is 5.41 Å². The molecule has 2 heteroatoms. The van der Waals surface area contributed by atoms with Gasteiger partial charge in [-0.3, -0.25) is 0 Å². The van der Waals surface area contributed by atoms with Crippen LogP contribution in [0.5, 0.6) is 0 Å². The molecule has 0 spiro atoms. The zero-order chi connectivity index (χ0) is 12.3. The van der Waals surface area contributed by atoms with Crippen molar-refractivity contribution in [2.24, 2.45) is 0 Å². The van der Waals surface area contributed by atoms with Crippen molar-refractivity contribution >= 4 is 12.6 Å². The molecule has 90 valence electrons. The Hall–Kier alpha value is -0.470. The van der Waals surface area contributed by atoms with Crippen molar-refractivity contribution in [3.63, 3.8) is 0 Å². The molecule has 16 heavy (non-hydrogen) atoms. The predicted molar refractivity (Wildman–Crippen MR) is 75.4 cm³/mol. The van der Waals surface area contributed by atoms with Gasteiger partial charge in [0.15, 0.2) is 0 Å². The normalized spacial score (nSPS) is 14.2. The Morgan fingerprint density at radius 3 is 1.94 bits per heavy atom. The second-order valence-electron chi connectivity index (χ2n) is 5.53. The SMILES string of the molecule is CN(C)C(CS)c1ccc(C(C)(C)C)cc1. The van der Waals surface area contributed by atoms with Crippen molar-refractivity contribution in [3.05, 3.63) is 35.4 Å². The fourth-order valence-electron chi connectivity index (χ4n) is 1.77. The average molecular weight is 237 g/mol. The molecule has 0 amide bonds. The van der Waals surface area contributed by atoms with Crippen LogP contribution in [0.4, 0.5) is 0 Å². The summed E-state index contributed by atoms with van der Waals surface area (Å²) < 4.78 is 0. The van der Waals surface area contributed by atoms with Crippen LogP contribution in [0.1, 0.15) is 37.9 Å². The number of hydrogen-bond donors (Lipinski definition) is 1. The predicted octanol–water partition coefficient (Wildman–Crippen LogP) is 3.52. The van der Waals surface area contributed by atoms with Gasteiger partial charge in [-0.1, -0.05) is 45.0 Å². The molecule has 1 aromatic carbocycles. The Labute approximate surface area is 105 Å². The van der Waals surface area contributed by atoms with Crippen LogP contribution in [0.3, 0.4) is 0 Å².